The van der Waals surface area contributed by atoms with Gasteiger partial charge in [-0.05, 0) is 24.6 Å². The van der Waals surface area contributed by atoms with E-state index in [-0.39, 0.29) is 19.1 Å². The predicted octanol–water partition coefficient (Wildman–Crippen LogP) is 1.88. The number of fused-ring (bicyclic) bond motifs is 1. The monoisotopic (exact) mass is 226 g/mol. The van der Waals surface area contributed by atoms with E-state index in [1.54, 1.807) is 6.07 Å². The maximum Gasteiger partial charge on any atom is 0.310 e. The van der Waals surface area contributed by atoms with Crippen LogP contribution in [0, 0.1) is 5.82 Å². The molecule has 4 nitrogen and oxygen atoms in total. The molecule has 0 amide bonds. The van der Waals surface area contributed by atoms with Crippen molar-refractivity contribution in [3.8, 4) is 5.75 Å². The van der Waals surface area contributed by atoms with Crippen molar-refractivity contribution in [3.63, 3.8) is 0 Å². The molecule has 0 aliphatic carbocycles. The zero-order valence-corrected chi connectivity index (χ0v) is 8.70. The molecule has 1 atom stereocenters. The van der Waals surface area contributed by atoms with Crippen LogP contribution in [-0.4, -0.2) is 17.9 Å². The van der Waals surface area contributed by atoms with Gasteiger partial charge in [-0.1, -0.05) is 0 Å². The largest absolute Gasteiger partial charge is 0.481 e. The van der Waals surface area contributed by atoms with E-state index in [1.807, 2.05) is 0 Å². The Morgan fingerprint density at radius 1 is 1.56 bits per heavy atom. The van der Waals surface area contributed by atoms with Crippen LogP contribution in [-0.2, 0) is 16.1 Å². The van der Waals surface area contributed by atoms with Crippen LogP contribution in [0.5, 0.6) is 5.75 Å². The fourth-order valence-electron chi connectivity index (χ4n) is 1.59. The number of carboxylic acids is 1. The molecule has 16 heavy (non-hydrogen) atoms. The fraction of sp³-hybridized carbons (Fsp3) is 0.364. The fourth-order valence-corrected chi connectivity index (χ4v) is 1.59. The van der Waals surface area contributed by atoms with Gasteiger partial charge < -0.3 is 14.6 Å². The Labute approximate surface area is 91.6 Å². The molecule has 0 aromatic heterocycles. The summed E-state index contributed by atoms with van der Waals surface area (Å²) in [4.78, 5) is 10.8. The number of carbonyl (C=O) groups is 1. The summed E-state index contributed by atoms with van der Waals surface area (Å²) < 4.78 is 23.6. The zero-order valence-electron chi connectivity index (χ0n) is 8.70. The summed E-state index contributed by atoms with van der Waals surface area (Å²) in [5.74, 6) is -2.12. The second kappa shape index (κ2) is 4.09. The van der Waals surface area contributed by atoms with E-state index in [2.05, 4.69) is 0 Å². The average molecular weight is 226 g/mol. The number of hydrogen-bond donors (Lipinski definition) is 1. The first-order chi connectivity index (χ1) is 7.59. The summed E-state index contributed by atoms with van der Waals surface area (Å²) >= 11 is 0. The van der Waals surface area contributed by atoms with E-state index in [9.17, 15) is 9.18 Å². The zero-order chi connectivity index (χ0) is 11.7. The lowest BCUT2D eigenvalue weighted by Crippen LogP contribution is -2.15. The van der Waals surface area contributed by atoms with Gasteiger partial charge in [0, 0.05) is 5.56 Å². The minimum absolute atomic E-state index is 0.0255. The molecule has 86 valence electrons. The second-order valence-corrected chi connectivity index (χ2v) is 3.66. The van der Waals surface area contributed by atoms with E-state index < -0.39 is 17.7 Å². The third kappa shape index (κ3) is 1.86. The summed E-state index contributed by atoms with van der Waals surface area (Å²) in [6.45, 7) is 1.78. The number of aliphatic carboxylic acids is 1. The van der Waals surface area contributed by atoms with Crippen LogP contribution in [0.1, 0.15) is 24.0 Å². The van der Waals surface area contributed by atoms with Crippen LogP contribution in [0.2, 0.25) is 0 Å². The Morgan fingerprint density at radius 3 is 3.00 bits per heavy atom. The van der Waals surface area contributed by atoms with Gasteiger partial charge in [0.05, 0.1) is 12.5 Å². The smallest absolute Gasteiger partial charge is 0.310 e. The number of halogens is 1. The summed E-state index contributed by atoms with van der Waals surface area (Å²) in [5.41, 5.74) is 0.965. The molecule has 0 saturated heterocycles. The number of rotatable bonds is 2. The Bertz CT molecular complexity index is 430. The van der Waals surface area contributed by atoms with Gasteiger partial charge in [-0.2, -0.15) is 0 Å². The van der Waals surface area contributed by atoms with Gasteiger partial charge >= 0.3 is 5.97 Å². The highest BCUT2D eigenvalue weighted by Crippen LogP contribution is 2.30. The van der Waals surface area contributed by atoms with E-state index in [0.717, 1.165) is 0 Å². The molecular formula is C11H11FO4. The maximum absolute atomic E-state index is 13.6. The molecule has 0 fully saturated rings. The van der Waals surface area contributed by atoms with Gasteiger partial charge in [-0.25, -0.2) is 4.39 Å². The Hall–Kier alpha value is -1.62. The number of carboxylic acid groups (broad SMARTS) is 1. The normalized spacial score (nSPS) is 16.1. The lowest BCUT2D eigenvalue weighted by Gasteiger charge is -2.19. The van der Waals surface area contributed by atoms with Crippen molar-refractivity contribution < 1.29 is 23.8 Å². The molecule has 5 heteroatoms. The third-order valence-electron chi connectivity index (χ3n) is 2.56. The van der Waals surface area contributed by atoms with Crippen molar-refractivity contribution in [2.24, 2.45) is 0 Å². The minimum atomic E-state index is -0.989. The van der Waals surface area contributed by atoms with Crippen LogP contribution in [0.15, 0.2) is 12.1 Å². The maximum atomic E-state index is 13.6. The highest BCUT2D eigenvalue weighted by atomic mass is 19.1. The highest BCUT2D eigenvalue weighted by Gasteiger charge is 2.21. The van der Waals surface area contributed by atoms with Crippen LogP contribution >= 0.6 is 0 Å². The van der Waals surface area contributed by atoms with Gasteiger partial charge in [0.1, 0.15) is 0 Å². The molecule has 1 aliphatic heterocycles. The molecule has 0 bridgehead atoms. The standard InChI is InChI=1S/C11H11FO4/c1-6(11(13)14)7-2-8-4-15-5-16-10(8)9(12)3-7/h2-3,6H,4-5H2,1H3,(H,13,14). The Balaban J connectivity index is 2.42. The summed E-state index contributed by atoms with van der Waals surface area (Å²) in [5, 5.41) is 8.85. The predicted molar refractivity (Wildman–Crippen MR) is 52.7 cm³/mol. The van der Waals surface area contributed by atoms with Crippen LogP contribution in [0.4, 0.5) is 4.39 Å². The van der Waals surface area contributed by atoms with Gasteiger partial charge in [0.15, 0.2) is 18.4 Å². The molecule has 1 unspecified atom stereocenters. The van der Waals surface area contributed by atoms with Crippen molar-refractivity contribution in [3.05, 3.63) is 29.1 Å². The first-order valence-electron chi connectivity index (χ1n) is 4.85. The van der Waals surface area contributed by atoms with Crippen molar-refractivity contribution >= 4 is 5.97 Å². The Morgan fingerprint density at radius 2 is 2.31 bits per heavy atom. The second-order valence-electron chi connectivity index (χ2n) is 3.66. The number of hydrogen-bond acceptors (Lipinski definition) is 3. The summed E-state index contributed by atoms with van der Waals surface area (Å²) in [6, 6.07) is 2.80. The lowest BCUT2D eigenvalue weighted by atomic mass is 9.98. The molecule has 0 radical (unpaired) electrons. The van der Waals surface area contributed by atoms with Gasteiger partial charge in [-0.3, -0.25) is 4.79 Å². The van der Waals surface area contributed by atoms with Gasteiger partial charge in [-0.15, -0.1) is 0 Å². The molecule has 1 N–H and O–H groups in total. The molecular weight excluding hydrogens is 215 g/mol. The van der Waals surface area contributed by atoms with Crippen LogP contribution < -0.4 is 4.74 Å². The number of ether oxygens (including phenoxy) is 2. The first kappa shape index (κ1) is 10.9. The van der Waals surface area contributed by atoms with Crippen LogP contribution in [0.3, 0.4) is 0 Å². The quantitative estimate of drug-likeness (QED) is 0.836. The first-order valence-corrected chi connectivity index (χ1v) is 4.85. The molecule has 0 spiro atoms. The van der Waals surface area contributed by atoms with E-state index in [4.69, 9.17) is 14.6 Å². The lowest BCUT2D eigenvalue weighted by molar-refractivity contribution is -0.138. The van der Waals surface area contributed by atoms with Crippen molar-refractivity contribution in [1.82, 2.24) is 0 Å². The SMILES string of the molecule is CC(C(=O)O)c1cc(F)c2c(c1)COCO2. The van der Waals surface area contributed by atoms with E-state index >= 15 is 0 Å². The third-order valence-corrected chi connectivity index (χ3v) is 2.56. The number of benzene rings is 1. The van der Waals surface area contributed by atoms with Crippen molar-refractivity contribution in [2.75, 3.05) is 6.79 Å². The molecule has 0 saturated carbocycles. The summed E-state index contributed by atoms with van der Waals surface area (Å²) in [6.07, 6.45) is 0. The van der Waals surface area contributed by atoms with E-state index in [0.29, 0.717) is 11.1 Å². The van der Waals surface area contributed by atoms with Gasteiger partial charge in [0.25, 0.3) is 0 Å². The molecule has 2 rings (SSSR count). The van der Waals surface area contributed by atoms with Crippen molar-refractivity contribution in [1.29, 1.82) is 0 Å². The Kier molecular flexibility index (Phi) is 2.78. The topological polar surface area (TPSA) is 55.8 Å². The minimum Gasteiger partial charge on any atom is -0.481 e. The van der Waals surface area contributed by atoms with Crippen molar-refractivity contribution in [2.45, 2.75) is 19.4 Å². The highest BCUT2D eigenvalue weighted by molar-refractivity contribution is 5.75. The molecule has 1 aromatic carbocycles. The molecule has 1 aromatic rings. The van der Waals surface area contributed by atoms with E-state index in [1.165, 1.54) is 13.0 Å². The molecule has 1 heterocycles. The van der Waals surface area contributed by atoms with Gasteiger partial charge in [0.2, 0.25) is 0 Å². The van der Waals surface area contributed by atoms with Crippen LogP contribution in [0.25, 0.3) is 0 Å². The molecule has 1 aliphatic rings. The average Bonchev–Trinajstić information content (AvgIpc) is 2.28. The summed E-state index contributed by atoms with van der Waals surface area (Å²) in [7, 11) is 0.